The van der Waals surface area contributed by atoms with Gasteiger partial charge in [-0.2, -0.15) is 0 Å². The second-order valence-electron chi connectivity index (χ2n) is 5.92. The Kier molecular flexibility index (Phi) is 3.82. The number of hydrogen-bond donors (Lipinski definition) is 2. The number of hydrogen-bond acceptors (Lipinski definition) is 7. The summed E-state index contributed by atoms with van der Waals surface area (Å²) < 4.78 is 5.28. The van der Waals surface area contributed by atoms with Crippen molar-refractivity contribution in [3.63, 3.8) is 0 Å². The average Bonchev–Trinajstić information content (AvgIpc) is 3.15. The average molecular weight is 369 g/mol. The van der Waals surface area contributed by atoms with Crippen LogP contribution < -0.4 is 5.73 Å². The summed E-state index contributed by atoms with van der Waals surface area (Å²) in [6, 6.07) is 6.48. The molecule has 0 aliphatic carbocycles. The fourth-order valence-electron chi connectivity index (χ4n) is 3.00. The quantitative estimate of drug-likeness (QED) is 0.417. The molecule has 4 rings (SSSR count). The molecule has 0 bridgehead atoms. The number of fused-ring (bicyclic) bond motifs is 2. The van der Waals surface area contributed by atoms with Crippen molar-refractivity contribution in [3.8, 4) is 10.7 Å². The summed E-state index contributed by atoms with van der Waals surface area (Å²) in [6.45, 7) is 2.36. The van der Waals surface area contributed by atoms with Gasteiger partial charge in [0.1, 0.15) is 4.83 Å². The third-order valence-electron chi connectivity index (χ3n) is 4.10. The Morgan fingerprint density at radius 2 is 2.15 bits per heavy atom. The van der Waals surface area contributed by atoms with Crippen LogP contribution in [0.25, 0.3) is 32.0 Å². The minimum absolute atomic E-state index is 0.0108. The fraction of sp³-hybridized carbons (Fsp3) is 0.176. The number of aryl methyl sites for hydroxylation is 1. The molecule has 0 saturated carbocycles. The molecule has 3 heterocycles. The number of H-pyrrole nitrogens is 1. The normalized spacial score (nSPS) is 11.5. The van der Waals surface area contributed by atoms with Crippen LogP contribution in [-0.4, -0.2) is 27.0 Å². The highest BCUT2D eigenvalue weighted by molar-refractivity contribution is 7.22. The minimum atomic E-state index is -0.433. The number of nitrogens with one attached hydrogen (secondary N) is 1. The van der Waals surface area contributed by atoms with Gasteiger partial charge in [-0.3, -0.25) is 10.1 Å². The van der Waals surface area contributed by atoms with Crippen LogP contribution in [0.5, 0.6) is 0 Å². The second kappa shape index (κ2) is 6.04. The zero-order chi connectivity index (χ0) is 18.4. The van der Waals surface area contributed by atoms with E-state index in [1.165, 1.54) is 23.5 Å². The van der Waals surface area contributed by atoms with Gasteiger partial charge < -0.3 is 15.5 Å². The number of pyridine rings is 1. The molecular weight excluding hydrogens is 354 g/mol. The van der Waals surface area contributed by atoms with Gasteiger partial charge in [0.05, 0.1) is 33.1 Å². The van der Waals surface area contributed by atoms with E-state index in [9.17, 15) is 10.1 Å². The molecule has 0 aliphatic heterocycles. The van der Waals surface area contributed by atoms with E-state index < -0.39 is 4.92 Å². The number of nitrogens with zero attached hydrogens (tertiary/aromatic N) is 3. The van der Waals surface area contributed by atoms with Gasteiger partial charge in [-0.05, 0) is 24.6 Å². The summed E-state index contributed by atoms with van der Waals surface area (Å²) in [4.78, 5) is 24.3. The summed E-state index contributed by atoms with van der Waals surface area (Å²) >= 11 is 1.44. The molecule has 0 spiro atoms. The maximum Gasteiger partial charge on any atom is 0.271 e. The van der Waals surface area contributed by atoms with Gasteiger partial charge in [-0.1, -0.05) is 0 Å². The van der Waals surface area contributed by atoms with Crippen molar-refractivity contribution in [1.82, 2.24) is 15.0 Å². The molecule has 9 heteroatoms. The molecule has 0 aliphatic rings. The van der Waals surface area contributed by atoms with E-state index in [1.54, 1.807) is 13.2 Å². The van der Waals surface area contributed by atoms with Gasteiger partial charge in [0.2, 0.25) is 0 Å². The summed E-state index contributed by atoms with van der Waals surface area (Å²) in [7, 11) is 1.64. The van der Waals surface area contributed by atoms with E-state index in [0.717, 1.165) is 26.4 Å². The summed E-state index contributed by atoms with van der Waals surface area (Å²) in [5.41, 5.74) is 10.1. The summed E-state index contributed by atoms with van der Waals surface area (Å²) in [5, 5.41) is 11.8. The van der Waals surface area contributed by atoms with Crippen LogP contribution in [-0.2, 0) is 11.3 Å². The summed E-state index contributed by atoms with van der Waals surface area (Å²) in [6.07, 6.45) is 0. The lowest BCUT2D eigenvalue weighted by atomic mass is 10.1. The Morgan fingerprint density at radius 1 is 1.35 bits per heavy atom. The van der Waals surface area contributed by atoms with Crippen molar-refractivity contribution in [1.29, 1.82) is 0 Å². The Hall–Kier alpha value is -3.04. The van der Waals surface area contributed by atoms with Gasteiger partial charge >= 0.3 is 0 Å². The van der Waals surface area contributed by atoms with Crippen molar-refractivity contribution in [2.45, 2.75) is 13.5 Å². The topological polar surface area (TPSA) is 120 Å². The van der Waals surface area contributed by atoms with Crippen molar-refractivity contribution in [3.05, 3.63) is 45.6 Å². The smallest absolute Gasteiger partial charge is 0.271 e. The Bertz CT molecular complexity index is 1160. The van der Waals surface area contributed by atoms with Crippen molar-refractivity contribution in [2.75, 3.05) is 12.8 Å². The number of non-ortho nitro benzene ring substituents is 1. The molecule has 0 unspecified atom stereocenters. The molecule has 0 amide bonds. The molecule has 0 radical (unpaired) electrons. The van der Waals surface area contributed by atoms with Crippen LogP contribution >= 0.6 is 11.3 Å². The van der Waals surface area contributed by atoms with Crippen molar-refractivity contribution in [2.24, 2.45) is 0 Å². The highest BCUT2D eigenvalue weighted by Gasteiger charge is 2.19. The lowest BCUT2D eigenvalue weighted by molar-refractivity contribution is -0.384. The van der Waals surface area contributed by atoms with Crippen molar-refractivity contribution < 1.29 is 9.66 Å². The van der Waals surface area contributed by atoms with Crippen LogP contribution in [0, 0.1) is 17.0 Å². The molecule has 8 nitrogen and oxygen atoms in total. The second-order valence-corrected chi connectivity index (χ2v) is 6.92. The largest absolute Gasteiger partial charge is 0.397 e. The number of rotatable bonds is 4. The van der Waals surface area contributed by atoms with E-state index >= 15 is 0 Å². The predicted octanol–water partition coefficient (Wildman–Crippen LogP) is 3.78. The Balaban J connectivity index is 1.91. The molecule has 3 N–H and O–H groups in total. The maximum atomic E-state index is 11.0. The molecular formula is C17H15N5O3S. The number of nitrogens with two attached hydrogens (primary N) is 1. The monoisotopic (exact) mass is 369 g/mol. The van der Waals surface area contributed by atoms with Crippen LogP contribution in [0.3, 0.4) is 0 Å². The molecule has 0 fully saturated rings. The zero-order valence-corrected chi connectivity index (χ0v) is 14.9. The third kappa shape index (κ3) is 2.57. The van der Waals surface area contributed by atoms with E-state index in [1.807, 2.05) is 13.0 Å². The van der Waals surface area contributed by atoms with Gasteiger partial charge in [-0.25, -0.2) is 9.97 Å². The van der Waals surface area contributed by atoms with Gasteiger partial charge in [0, 0.05) is 30.3 Å². The SMILES string of the molecule is COCc1cc(C)nc2sc(-c3nc4ccc([N+](=O)[O-])cc4[nH]3)c(N)c12. The van der Waals surface area contributed by atoms with E-state index in [2.05, 4.69) is 15.0 Å². The zero-order valence-electron chi connectivity index (χ0n) is 14.1. The minimum Gasteiger partial charge on any atom is -0.397 e. The van der Waals surface area contributed by atoms with Gasteiger partial charge in [0.15, 0.2) is 5.82 Å². The number of aromatic nitrogens is 3. The van der Waals surface area contributed by atoms with E-state index in [0.29, 0.717) is 29.2 Å². The van der Waals surface area contributed by atoms with Crippen LogP contribution in [0.4, 0.5) is 11.4 Å². The number of thiophene rings is 1. The highest BCUT2D eigenvalue weighted by atomic mass is 32.1. The molecule has 0 saturated heterocycles. The molecule has 0 atom stereocenters. The van der Waals surface area contributed by atoms with Crippen LogP contribution in [0.15, 0.2) is 24.3 Å². The Labute approximate surface area is 151 Å². The number of methoxy groups -OCH3 is 1. The third-order valence-corrected chi connectivity index (χ3v) is 5.21. The number of aromatic amines is 1. The number of nitro benzene ring substituents is 1. The van der Waals surface area contributed by atoms with Crippen LogP contribution in [0.2, 0.25) is 0 Å². The first-order chi connectivity index (χ1) is 12.5. The Morgan fingerprint density at radius 3 is 2.88 bits per heavy atom. The molecule has 1 aromatic carbocycles. The van der Waals surface area contributed by atoms with Gasteiger partial charge in [-0.15, -0.1) is 11.3 Å². The highest BCUT2D eigenvalue weighted by Crippen LogP contribution is 2.41. The summed E-state index contributed by atoms with van der Waals surface area (Å²) in [5.74, 6) is 0.571. The van der Waals surface area contributed by atoms with Crippen molar-refractivity contribution >= 4 is 44.0 Å². The van der Waals surface area contributed by atoms with Crippen LogP contribution in [0.1, 0.15) is 11.3 Å². The van der Waals surface area contributed by atoms with E-state index in [4.69, 9.17) is 10.5 Å². The first-order valence-electron chi connectivity index (χ1n) is 7.80. The standard InChI is InChI=1S/C17H15N5O3S/c1-8-5-9(7-25-2)13-14(18)15(26-17(13)19-8)16-20-11-4-3-10(22(23)24)6-12(11)21-16/h3-6H,7,18H2,1-2H3,(H,20,21). The number of ether oxygens (including phenoxy) is 1. The lowest BCUT2D eigenvalue weighted by Gasteiger charge is -2.04. The number of imidazole rings is 1. The lowest BCUT2D eigenvalue weighted by Crippen LogP contribution is -1.95. The first kappa shape index (κ1) is 16.4. The number of nitrogen functional groups attached to an aromatic ring is 1. The maximum absolute atomic E-state index is 11.0. The first-order valence-corrected chi connectivity index (χ1v) is 8.61. The number of nitro groups is 1. The number of anilines is 1. The predicted molar refractivity (Wildman–Crippen MR) is 101 cm³/mol. The van der Waals surface area contributed by atoms with Gasteiger partial charge in [0.25, 0.3) is 5.69 Å². The number of benzene rings is 1. The molecule has 4 aromatic rings. The van der Waals surface area contributed by atoms with E-state index in [-0.39, 0.29) is 5.69 Å². The fourth-order valence-corrected chi connectivity index (χ4v) is 4.13. The molecule has 26 heavy (non-hydrogen) atoms. The molecule has 3 aromatic heterocycles. The molecule has 132 valence electrons.